The maximum Gasteiger partial charge on any atom is 0.305 e. The third-order valence-electron chi connectivity index (χ3n) is 8.34. The molecule has 0 spiro atoms. The molecule has 5 nitrogen and oxygen atoms in total. The summed E-state index contributed by atoms with van der Waals surface area (Å²) in [5.74, 6) is -0.554. The lowest BCUT2D eigenvalue weighted by molar-refractivity contribution is -0.152. The summed E-state index contributed by atoms with van der Waals surface area (Å²) in [6, 6.07) is 0. The van der Waals surface area contributed by atoms with Crippen LogP contribution in [-0.4, -0.2) is 36.4 Å². The Kier molecular flexibility index (Phi) is 33.5. The lowest BCUT2D eigenvalue weighted by Crippen LogP contribution is -2.25. The van der Waals surface area contributed by atoms with Gasteiger partial charge in [-0.2, -0.15) is 0 Å². The number of hydrogen-bond acceptors (Lipinski definition) is 5. The molecule has 1 atom stereocenters. The van der Waals surface area contributed by atoms with Gasteiger partial charge >= 0.3 is 11.9 Å². The fourth-order valence-electron chi connectivity index (χ4n) is 5.50. The van der Waals surface area contributed by atoms with Crippen LogP contribution in [-0.2, 0) is 19.1 Å². The summed E-state index contributed by atoms with van der Waals surface area (Å²) in [4.78, 5) is 23.8. The second kappa shape index (κ2) is 34.4. The molecule has 0 bridgehead atoms. The number of esters is 2. The normalized spacial score (nSPS) is 12.0. The number of aliphatic hydroxyl groups is 1. The summed E-state index contributed by atoms with van der Waals surface area (Å²) in [6.45, 7) is 4.31. The summed E-state index contributed by atoms with van der Waals surface area (Å²) >= 11 is 0. The quantitative estimate of drug-likeness (QED) is 0.0591. The van der Waals surface area contributed by atoms with E-state index in [1.54, 1.807) is 0 Å². The van der Waals surface area contributed by atoms with E-state index < -0.39 is 6.10 Å². The maximum absolute atomic E-state index is 11.9. The second-order valence-electron chi connectivity index (χ2n) is 12.7. The Morgan fingerprint density at radius 2 is 0.619 bits per heavy atom. The lowest BCUT2D eigenvalue weighted by atomic mass is 10.0. The van der Waals surface area contributed by atoms with Crippen LogP contribution >= 0.6 is 0 Å². The molecule has 0 saturated heterocycles. The van der Waals surface area contributed by atoms with E-state index >= 15 is 0 Å². The Hall–Kier alpha value is -1.10. The number of unbranched alkanes of at least 4 members (excludes halogenated alkanes) is 26. The van der Waals surface area contributed by atoms with Crippen molar-refractivity contribution >= 4 is 11.9 Å². The van der Waals surface area contributed by atoms with Crippen LogP contribution < -0.4 is 0 Å². The summed E-state index contributed by atoms with van der Waals surface area (Å²) in [5.41, 5.74) is 0. The topological polar surface area (TPSA) is 72.8 Å². The van der Waals surface area contributed by atoms with Gasteiger partial charge in [0.15, 0.2) is 0 Å². The Labute approximate surface area is 261 Å². The molecule has 0 unspecified atom stereocenters. The first-order valence-electron chi connectivity index (χ1n) is 18.6. The Morgan fingerprint density at radius 3 is 0.857 bits per heavy atom. The number of aliphatic hydroxyl groups excluding tert-OH is 1. The number of ether oxygens (including phenoxy) is 2. The van der Waals surface area contributed by atoms with Crippen LogP contribution in [0.25, 0.3) is 0 Å². The number of rotatable bonds is 34. The highest BCUT2D eigenvalue weighted by molar-refractivity contribution is 5.69. The zero-order valence-electron chi connectivity index (χ0n) is 28.3. The van der Waals surface area contributed by atoms with Crippen molar-refractivity contribution in [3.8, 4) is 0 Å². The van der Waals surface area contributed by atoms with E-state index in [1.165, 1.54) is 154 Å². The molecule has 0 heterocycles. The minimum Gasteiger partial charge on any atom is -0.463 e. The predicted molar refractivity (Wildman–Crippen MR) is 178 cm³/mol. The van der Waals surface area contributed by atoms with Crippen molar-refractivity contribution in [3.63, 3.8) is 0 Å². The molecule has 0 aliphatic heterocycles. The maximum atomic E-state index is 11.9. The number of carbonyl (C=O) groups is 2. The van der Waals surface area contributed by atoms with E-state index in [1.807, 2.05) is 0 Å². The average Bonchev–Trinajstić information content (AvgIpc) is 2.99. The molecule has 0 aromatic carbocycles. The van der Waals surface area contributed by atoms with Crippen molar-refractivity contribution in [3.05, 3.63) is 0 Å². The first kappa shape index (κ1) is 40.9. The zero-order valence-corrected chi connectivity index (χ0v) is 28.3. The molecule has 42 heavy (non-hydrogen) atoms. The van der Waals surface area contributed by atoms with Crippen molar-refractivity contribution < 1.29 is 24.2 Å². The molecule has 0 aromatic rings. The molecule has 1 N–H and O–H groups in total. The SMILES string of the molecule is CCCCCCCCCCCCCCCCCCCC(=O)OC[C@@H](O)COC(=O)CCCCCCCCCCCCC. The first-order chi connectivity index (χ1) is 20.6. The van der Waals surface area contributed by atoms with E-state index in [9.17, 15) is 14.7 Å². The molecule has 0 aromatic heterocycles. The molecular weight excluding hydrogens is 524 g/mol. The van der Waals surface area contributed by atoms with Gasteiger partial charge in [-0.05, 0) is 12.8 Å². The summed E-state index contributed by atoms with van der Waals surface area (Å²) in [5, 5.41) is 9.97. The van der Waals surface area contributed by atoms with Gasteiger partial charge in [0.2, 0.25) is 0 Å². The monoisotopic (exact) mass is 597 g/mol. The lowest BCUT2D eigenvalue weighted by Gasteiger charge is -2.12. The standard InChI is InChI=1S/C37H72O5/c1-3-5-7-9-11-13-15-16-17-18-19-20-22-24-26-28-30-32-37(40)42-34-35(38)33-41-36(39)31-29-27-25-23-21-14-12-10-8-6-4-2/h35,38H,3-34H2,1-2H3/t35-/m0/s1. The Balaban J connectivity index is 3.37. The van der Waals surface area contributed by atoms with Gasteiger partial charge in [-0.15, -0.1) is 0 Å². The van der Waals surface area contributed by atoms with Crippen LogP contribution in [0.3, 0.4) is 0 Å². The third kappa shape index (κ3) is 33.4. The van der Waals surface area contributed by atoms with Crippen LogP contribution in [0.1, 0.15) is 206 Å². The van der Waals surface area contributed by atoms with Gasteiger partial charge in [-0.3, -0.25) is 9.59 Å². The number of carbonyl (C=O) groups excluding carboxylic acids is 2. The van der Waals surface area contributed by atoms with Crippen molar-refractivity contribution in [1.29, 1.82) is 0 Å². The first-order valence-corrected chi connectivity index (χ1v) is 18.6. The second-order valence-corrected chi connectivity index (χ2v) is 12.7. The molecule has 0 aliphatic carbocycles. The molecule has 250 valence electrons. The van der Waals surface area contributed by atoms with Gasteiger partial charge < -0.3 is 14.6 Å². The average molecular weight is 597 g/mol. The molecule has 0 radical (unpaired) electrons. The van der Waals surface area contributed by atoms with Gasteiger partial charge in [0.1, 0.15) is 19.3 Å². The van der Waals surface area contributed by atoms with E-state index in [-0.39, 0.29) is 25.2 Å². The molecule has 5 heteroatoms. The molecular formula is C37H72O5. The largest absolute Gasteiger partial charge is 0.463 e. The summed E-state index contributed by atoms with van der Waals surface area (Å²) in [7, 11) is 0. The van der Waals surface area contributed by atoms with Gasteiger partial charge in [-0.25, -0.2) is 0 Å². The van der Waals surface area contributed by atoms with Crippen LogP contribution in [0, 0.1) is 0 Å². The Morgan fingerprint density at radius 1 is 0.405 bits per heavy atom. The molecule has 0 amide bonds. The minimum atomic E-state index is -0.953. The van der Waals surface area contributed by atoms with E-state index in [2.05, 4.69) is 13.8 Å². The Bertz CT molecular complexity index is 564. The summed E-state index contributed by atoms with van der Waals surface area (Å²) in [6.07, 6.45) is 35.8. The van der Waals surface area contributed by atoms with Crippen molar-refractivity contribution in [2.45, 2.75) is 213 Å². The predicted octanol–water partition coefficient (Wildman–Crippen LogP) is 11.2. The van der Waals surface area contributed by atoms with Crippen molar-refractivity contribution in [1.82, 2.24) is 0 Å². The van der Waals surface area contributed by atoms with E-state index in [4.69, 9.17) is 9.47 Å². The van der Waals surface area contributed by atoms with E-state index in [0.29, 0.717) is 12.8 Å². The number of hydrogen-bond donors (Lipinski definition) is 1. The fourth-order valence-corrected chi connectivity index (χ4v) is 5.50. The highest BCUT2D eigenvalue weighted by Crippen LogP contribution is 2.15. The van der Waals surface area contributed by atoms with Crippen LogP contribution in [0.15, 0.2) is 0 Å². The molecule has 0 rings (SSSR count). The van der Waals surface area contributed by atoms with Crippen molar-refractivity contribution in [2.24, 2.45) is 0 Å². The van der Waals surface area contributed by atoms with Gasteiger partial charge in [0, 0.05) is 12.8 Å². The third-order valence-corrected chi connectivity index (χ3v) is 8.34. The zero-order chi connectivity index (χ0) is 30.8. The highest BCUT2D eigenvalue weighted by atomic mass is 16.6. The van der Waals surface area contributed by atoms with Crippen LogP contribution in [0.2, 0.25) is 0 Å². The minimum absolute atomic E-state index is 0.108. The van der Waals surface area contributed by atoms with Gasteiger partial charge in [0.25, 0.3) is 0 Å². The van der Waals surface area contributed by atoms with E-state index in [0.717, 1.165) is 25.7 Å². The smallest absolute Gasteiger partial charge is 0.305 e. The van der Waals surface area contributed by atoms with Crippen molar-refractivity contribution in [2.75, 3.05) is 13.2 Å². The molecule has 0 saturated carbocycles. The fraction of sp³-hybridized carbons (Fsp3) is 0.946. The summed E-state index contributed by atoms with van der Waals surface area (Å²) < 4.78 is 10.3. The van der Waals surface area contributed by atoms with Crippen LogP contribution in [0.5, 0.6) is 0 Å². The highest BCUT2D eigenvalue weighted by Gasteiger charge is 2.12. The molecule has 0 aliphatic rings. The van der Waals surface area contributed by atoms with Crippen LogP contribution in [0.4, 0.5) is 0 Å². The molecule has 0 fully saturated rings. The van der Waals surface area contributed by atoms with Gasteiger partial charge in [-0.1, -0.05) is 181 Å². The van der Waals surface area contributed by atoms with Gasteiger partial charge in [0.05, 0.1) is 0 Å².